The zero-order chi connectivity index (χ0) is 26.3. The second kappa shape index (κ2) is 14.8. The number of hydrogen-bond donors (Lipinski definition) is 0. The molecule has 192 valence electrons. The highest BCUT2D eigenvalue weighted by Gasteiger charge is 2.15. The molecule has 37 heavy (non-hydrogen) atoms. The molecule has 2 aromatic heterocycles. The lowest BCUT2D eigenvalue weighted by Crippen LogP contribution is -2.33. The molecule has 0 unspecified atom stereocenters. The van der Waals surface area contributed by atoms with Crippen LogP contribution in [0.2, 0.25) is 0 Å². The molecule has 0 saturated heterocycles. The number of quaternary nitrogens is 1. The van der Waals surface area contributed by atoms with Gasteiger partial charge >= 0.3 is 0 Å². The van der Waals surface area contributed by atoms with Crippen LogP contribution in [0.4, 0.5) is 0 Å². The third-order valence-electron chi connectivity index (χ3n) is 5.84. The van der Waals surface area contributed by atoms with E-state index < -0.39 is 0 Å². The Kier molecular flexibility index (Phi) is 11.2. The van der Waals surface area contributed by atoms with Crippen molar-refractivity contribution in [2.45, 2.75) is 58.4 Å². The minimum absolute atomic E-state index is 0.663. The van der Waals surface area contributed by atoms with Crippen molar-refractivity contribution in [2.24, 2.45) is 0 Å². The summed E-state index contributed by atoms with van der Waals surface area (Å²) in [7, 11) is 6.57. The molecule has 2 heterocycles. The van der Waals surface area contributed by atoms with Crippen LogP contribution in [0.25, 0.3) is 0 Å². The van der Waals surface area contributed by atoms with Crippen LogP contribution < -0.4 is 4.74 Å². The molecule has 0 atom stereocenters. The van der Waals surface area contributed by atoms with Gasteiger partial charge in [-0.3, -0.25) is 9.97 Å². The monoisotopic (exact) mass is 494 g/mol. The molecule has 3 rings (SSSR count). The summed E-state index contributed by atoms with van der Waals surface area (Å²) in [4.78, 5) is 8.21. The van der Waals surface area contributed by atoms with Crippen molar-refractivity contribution in [3.05, 3.63) is 89.0 Å². The maximum Gasteiger partial charge on any atom is 0.150 e. The van der Waals surface area contributed by atoms with E-state index in [9.17, 15) is 0 Å². The Balaban J connectivity index is 1.92. The summed E-state index contributed by atoms with van der Waals surface area (Å²) >= 11 is 0. The van der Waals surface area contributed by atoms with E-state index >= 15 is 0 Å². The fourth-order valence-electron chi connectivity index (χ4n) is 4.05. The Morgan fingerprint density at radius 3 is 1.65 bits per heavy atom. The van der Waals surface area contributed by atoms with Gasteiger partial charge in [-0.1, -0.05) is 69.1 Å². The predicted octanol–water partition coefficient (Wildman–Crippen LogP) is 6.61. The lowest BCUT2D eigenvalue weighted by atomic mass is 10.0. The molecule has 0 aliphatic carbocycles. The summed E-state index contributed by atoms with van der Waals surface area (Å²) in [6, 6.07) is 12.0. The van der Waals surface area contributed by atoms with Crippen molar-refractivity contribution in [2.75, 3.05) is 27.7 Å². The molecule has 0 bridgehead atoms. The van der Waals surface area contributed by atoms with Gasteiger partial charge in [0.05, 0.1) is 38.9 Å². The van der Waals surface area contributed by atoms with Gasteiger partial charge in [-0.15, -0.1) is 0 Å². The number of ether oxygens (including phenoxy) is 1. The van der Waals surface area contributed by atoms with Gasteiger partial charge in [-0.05, 0) is 42.8 Å². The highest BCUT2D eigenvalue weighted by Crippen LogP contribution is 2.27. The first-order chi connectivity index (χ1) is 17.9. The molecule has 4 nitrogen and oxygen atoms in total. The predicted molar refractivity (Wildman–Crippen MR) is 152 cm³/mol. The van der Waals surface area contributed by atoms with Crippen LogP contribution >= 0.6 is 0 Å². The molecule has 1 aromatic carbocycles. The van der Waals surface area contributed by atoms with E-state index in [0.717, 1.165) is 45.5 Å². The van der Waals surface area contributed by atoms with E-state index in [1.807, 2.05) is 24.3 Å². The number of benzene rings is 1. The van der Waals surface area contributed by atoms with E-state index in [0.29, 0.717) is 6.61 Å². The van der Waals surface area contributed by atoms with Gasteiger partial charge < -0.3 is 9.22 Å². The lowest BCUT2D eigenvalue weighted by molar-refractivity contribution is -0.884. The summed E-state index contributed by atoms with van der Waals surface area (Å²) in [6.45, 7) is 3.78. The number of nitrogens with zero attached hydrogens (tertiary/aromatic N) is 3. The molecular weight excluding hydrogens is 454 g/mol. The van der Waals surface area contributed by atoms with Gasteiger partial charge in [0.1, 0.15) is 6.54 Å². The average Bonchev–Trinajstić information content (AvgIpc) is 2.89. The number of unbranched alkanes of at least 4 members (excludes halogenated alkanes) is 6. The summed E-state index contributed by atoms with van der Waals surface area (Å²) in [5.74, 6) is 14.1. The number of pyridine rings is 2. The van der Waals surface area contributed by atoms with Gasteiger partial charge in [-0.2, -0.15) is 0 Å². The first kappa shape index (κ1) is 28.0. The normalized spacial score (nSPS) is 10.7. The zero-order valence-corrected chi connectivity index (χ0v) is 22.9. The van der Waals surface area contributed by atoms with Crippen molar-refractivity contribution in [3.8, 4) is 29.4 Å². The SMILES string of the molecule is CCCCCCCCCOc1c(C#Cc2ccncc2)cc(C[N+](C)(C)C)cc1C#Cc1ccncc1. The molecule has 0 amide bonds. The maximum absolute atomic E-state index is 6.42. The maximum atomic E-state index is 6.42. The van der Waals surface area contributed by atoms with E-state index in [1.54, 1.807) is 24.8 Å². The second-order valence-electron chi connectivity index (χ2n) is 10.4. The first-order valence-corrected chi connectivity index (χ1v) is 13.4. The van der Waals surface area contributed by atoms with Crippen LogP contribution in [-0.4, -0.2) is 42.2 Å². The van der Waals surface area contributed by atoms with Crippen LogP contribution in [0.5, 0.6) is 5.75 Å². The summed E-state index contributed by atoms with van der Waals surface area (Å²) in [6.07, 6.45) is 15.8. The summed E-state index contributed by atoms with van der Waals surface area (Å²) in [5.41, 5.74) is 4.80. The van der Waals surface area contributed by atoms with Crippen molar-refractivity contribution < 1.29 is 9.22 Å². The van der Waals surface area contributed by atoms with E-state index in [4.69, 9.17) is 4.74 Å². The molecule has 0 aliphatic rings. The van der Waals surface area contributed by atoms with Crippen LogP contribution in [0.3, 0.4) is 0 Å². The molecule has 0 saturated carbocycles. The Morgan fingerprint density at radius 2 is 1.16 bits per heavy atom. The third-order valence-corrected chi connectivity index (χ3v) is 5.84. The smallest absolute Gasteiger partial charge is 0.150 e. The van der Waals surface area contributed by atoms with Crippen molar-refractivity contribution in [1.29, 1.82) is 0 Å². The largest absolute Gasteiger partial charge is 0.491 e. The van der Waals surface area contributed by atoms with Gasteiger partial charge in [-0.25, -0.2) is 0 Å². The van der Waals surface area contributed by atoms with Crippen molar-refractivity contribution in [1.82, 2.24) is 9.97 Å². The summed E-state index contributed by atoms with van der Waals surface area (Å²) < 4.78 is 7.24. The molecular formula is C33H40N3O+. The van der Waals surface area contributed by atoms with Gasteiger partial charge in [0.2, 0.25) is 0 Å². The Hall–Kier alpha value is -3.60. The molecule has 4 heteroatoms. The molecule has 0 radical (unpaired) electrons. The molecule has 3 aromatic rings. The molecule has 0 spiro atoms. The Bertz CT molecular complexity index is 1140. The quantitative estimate of drug-likeness (QED) is 0.171. The lowest BCUT2D eigenvalue weighted by Gasteiger charge is -2.24. The Labute approximate surface area is 223 Å². The summed E-state index contributed by atoms with van der Waals surface area (Å²) in [5, 5.41) is 0. The number of hydrogen-bond acceptors (Lipinski definition) is 3. The van der Waals surface area contributed by atoms with Gasteiger partial charge in [0.25, 0.3) is 0 Å². The number of aromatic nitrogens is 2. The highest BCUT2D eigenvalue weighted by atomic mass is 16.5. The zero-order valence-electron chi connectivity index (χ0n) is 22.9. The fraction of sp³-hybridized carbons (Fsp3) is 0.394. The average molecular weight is 495 g/mol. The van der Waals surface area contributed by atoms with E-state index in [-0.39, 0.29) is 0 Å². The first-order valence-electron chi connectivity index (χ1n) is 13.4. The standard InChI is InChI=1S/C33H40N3O/c1-5-6-7-8-9-10-11-24-37-33-31(14-12-28-16-20-34-21-17-28)25-30(27-36(2,3)4)26-32(33)15-13-29-18-22-35-23-19-29/h16-23,25-26H,5-11,24,27H2,1-4H3/q+1. The number of rotatable bonds is 11. The molecule has 0 aliphatic heterocycles. The van der Waals surface area contributed by atoms with Crippen molar-refractivity contribution in [3.63, 3.8) is 0 Å². The van der Waals surface area contributed by atoms with Gasteiger partial charge in [0, 0.05) is 41.5 Å². The molecule has 0 fully saturated rings. The highest BCUT2D eigenvalue weighted by molar-refractivity contribution is 5.60. The van der Waals surface area contributed by atoms with Crippen LogP contribution in [0, 0.1) is 23.7 Å². The van der Waals surface area contributed by atoms with E-state index in [2.05, 4.69) is 73.8 Å². The fourth-order valence-corrected chi connectivity index (χ4v) is 4.05. The minimum Gasteiger partial charge on any atom is -0.491 e. The van der Waals surface area contributed by atoms with Gasteiger partial charge in [0.15, 0.2) is 5.75 Å². The second-order valence-corrected chi connectivity index (χ2v) is 10.4. The topological polar surface area (TPSA) is 35.0 Å². The third kappa shape index (κ3) is 10.5. The molecule has 0 N–H and O–H groups in total. The van der Waals surface area contributed by atoms with Crippen LogP contribution in [0.1, 0.15) is 79.7 Å². The van der Waals surface area contributed by atoms with Crippen LogP contribution in [0.15, 0.2) is 61.2 Å². The Morgan fingerprint density at radius 1 is 0.676 bits per heavy atom. The van der Waals surface area contributed by atoms with Crippen molar-refractivity contribution >= 4 is 0 Å². The minimum atomic E-state index is 0.663. The van der Waals surface area contributed by atoms with Crippen LogP contribution in [-0.2, 0) is 6.54 Å². The van der Waals surface area contributed by atoms with E-state index in [1.165, 1.54) is 44.1 Å².